The van der Waals surface area contributed by atoms with Crippen molar-refractivity contribution in [3.05, 3.63) is 59.5 Å². The lowest BCUT2D eigenvalue weighted by atomic mass is 10.1. The van der Waals surface area contributed by atoms with Crippen molar-refractivity contribution in [2.75, 3.05) is 6.54 Å². The zero-order valence-corrected chi connectivity index (χ0v) is 11.4. The minimum absolute atomic E-state index is 0.0743. The molecular weight excluding hydrogens is 252 g/mol. The summed E-state index contributed by atoms with van der Waals surface area (Å²) in [6.07, 6.45) is 1.88. The predicted molar refractivity (Wildman–Crippen MR) is 74.9 cm³/mol. The van der Waals surface area contributed by atoms with Gasteiger partial charge in [-0.25, -0.2) is 0 Å². The van der Waals surface area contributed by atoms with Gasteiger partial charge < -0.3 is 9.32 Å². The van der Waals surface area contributed by atoms with Crippen LogP contribution in [0.5, 0.6) is 0 Å². The van der Waals surface area contributed by atoms with E-state index >= 15 is 0 Å². The van der Waals surface area contributed by atoms with Crippen LogP contribution >= 0.6 is 0 Å². The fraction of sp³-hybridized carbons (Fsp3) is 0.250. The summed E-state index contributed by atoms with van der Waals surface area (Å²) < 4.78 is 5.28. The van der Waals surface area contributed by atoms with Gasteiger partial charge in [0.2, 0.25) is 0 Å². The summed E-state index contributed by atoms with van der Waals surface area (Å²) in [5, 5.41) is 8.74. The van der Waals surface area contributed by atoms with Gasteiger partial charge in [-0.2, -0.15) is 5.26 Å². The number of rotatable bonds is 5. The average Bonchev–Trinajstić information content (AvgIpc) is 2.96. The van der Waals surface area contributed by atoms with Crippen LogP contribution in [-0.2, 0) is 6.54 Å². The molecule has 1 heterocycles. The maximum absolute atomic E-state index is 12.6. The van der Waals surface area contributed by atoms with Crippen LogP contribution in [0.1, 0.15) is 28.1 Å². The molecule has 0 atom stereocenters. The molecule has 4 nitrogen and oxygen atoms in total. The molecule has 0 N–H and O–H groups in total. The Morgan fingerprint density at radius 3 is 2.75 bits per heavy atom. The SMILES string of the molecule is Cc1ccccc1C(=O)N(CCC#N)Cc1ccco1. The third kappa shape index (κ3) is 3.27. The average molecular weight is 268 g/mol. The Labute approximate surface area is 118 Å². The largest absolute Gasteiger partial charge is 0.467 e. The molecule has 0 aliphatic heterocycles. The standard InChI is InChI=1S/C16H16N2O2/c1-13-6-2-3-8-15(13)16(19)18(10-5-9-17)12-14-7-4-11-20-14/h2-4,6-8,11H,5,10,12H2,1H3. The maximum atomic E-state index is 12.6. The summed E-state index contributed by atoms with van der Waals surface area (Å²) in [4.78, 5) is 14.2. The van der Waals surface area contributed by atoms with E-state index in [1.165, 1.54) is 0 Å². The van der Waals surface area contributed by atoms with Crippen molar-refractivity contribution in [1.29, 1.82) is 5.26 Å². The first kappa shape index (κ1) is 13.9. The molecule has 20 heavy (non-hydrogen) atoms. The van der Waals surface area contributed by atoms with Crippen molar-refractivity contribution in [3.8, 4) is 6.07 Å². The highest BCUT2D eigenvalue weighted by atomic mass is 16.3. The minimum Gasteiger partial charge on any atom is -0.467 e. The fourth-order valence-electron chi connectivity index (χ4n) is 2.01. The van der Waals surface area contributed by atoms with E-state index in [0.717, 1.165) is 5.56 Å². The van der Waals surface area contributed by atoms with Gasteiger partial charge in [-0.05, 0) is 30.7 Å². The fourth-order valence-corrected chi connectivity index (χ4v) is 2.01. The van der Waals surface area contributed by atoms with Crippen LogP contribution < -0.4 is 0 Å². The molecule has 0 aliphatic rings. The zero-order chi connectivity index (χ0) is 14.4. The van der Waals surface area contributed by atoms with Gasteiger partial charge in [0.1, 0.15) is 5.76 Å². The van der Waals surface area contributed by atoms with Gasteiger partial charge in [0.05, 0.1) is 25.3 Å². The highest BCUT2D eigenvalue weighted by Crippen LogP contribution is 2.14. The van der Waals surface area contributed by atoms with Crippen LogP contribution in [0, 0.1) is 18.3 Å². The molecule has 1 aromatic heterocycles. The summed E-state index contributed by atoms with van der Waals surface area (Å²) in [7, 11) is 0. The number of hydrogen-bond donors (Lipinski definition) is 0. The second-order valence-corrected chi connectivity index (χ2v) is 4.53. The molecule has 0 spiro atoms. The van der Waals surface area contributed by atoms with Crippen LogP contribution in [0.2, 0.25) is 0 Å². The normalized spacial score (nSPS) is 10.0. The Morgan fingerprint density at radius 2 is 2.10 bits per heavy atom. The number of benzene rings is 1. The van der Waals surface area contributed by atoms with Gasteiger partial charge in [0, 0.05) is 12.1 Å². The van der Waals surface area contributed by atoms with Gasteiger partial charge in [-0.1, -0.05) is 18.2 Å². The molecule has 1 amide bonds. The molecule has 0 fully saturated rings. The minimum atomic E-state index is -0.0743. The van der Waals surface area contributed by atoms with E-state index in [1.54, 1.807) is 23.3 Å². The Kier molecular flexibility index (Phi) is 4.56. The van der Waals surface area contributed by atoms with Crippen LogP contribution in [0.4, 0.5) is 0 Å². The van der Waals surface area contributed by atoms with E-state index in [4.69, 9.17) is 9.68 Å². The van der Waals surface area contributed by atoms with Crippen molar-refractivity contribution in [2.24, 2.45) is 0 Å². The molecule has 0 unspecified atom stereocenters. The Bertz CT molecular complexity index is 612. The van der Waals surface area contributed by atoms with Crippen molar-refractivity contribution >= 4 is 5.91 Å². The highest BCUT2D eigenvalue weighted by molar-refractivity contribution is 5.95. The summed E-state index contributed by atoms with van der Waals surface area (Å²) in [6, 6.07) is 13.1. The van der Waals surface area contributed by atoms with Gasteiger partial charge in [0.15, 0.2) is 0 Å². The lowest BCUT2D eigenvalue weighted by Crippen LogP contribution is -2.31. The second-order valence-electron chi connectivity index (χ2n) is 4.53. The van der Waals surface area contributed by atoms with Gasteiger partial charge in [-0.3, -0.25) is 4.79 Å². The van der Waals surface area contributed by atoms with Crippen molar-refractivity contribution in [3.63, 3.8) is 0 Å². The van der Waals surface area contributed by atoms with Gasteiger partial charge in [0.25, 0.3) is 5.91 Å². The molecule has 102 valence electrons. The predicted octanol–water partition coefficient (Wildman–Crippen LogP) is 3.14. The number of carbonyl (C=O) groups excluding carboxylic acids is 1. The molecular formula is C16H16N2O2. The topological polar surface area (TPSA) is 57.2 Å². The summed E-state index contributed by atoms with van der Waals surface area (Å²) >= 11 is 0. The number of nitriles is 1. The number of aryl methyl sites for hydroxylation is 1. The molecule has 4 heteroatoms. The second kappa shape index (κ2) is 6.58. The Balaban J connectivity index is 2.20. The molecule has 2 aromatic rings. The number of amides is 1. The lowest BCUT2D eigenvalue weighted by Gasteiger charge is -2.21. The first-order valence-corrected chi connectivity index (χ1v) is 6.46. The van der Waals surface area contributed by atoms with Crippen LogP contribution in [0.3, 0.4) is 0 Å². The summed E-state index contributed by atoms with van der Waals surface area (Å²) in [5.41, 5.74) is 1.59. The van der Waals surface area contributed by atoms with E-state index in [0.29, 0.717) is 30.8 Å². The quantitative estimate of drug-likeness (QED) is 0.837. The molecule has 0 saturated heterocycles. The van der Waals surface area contributed by atoms with Crippen molar-refractivity contribution in [2.45, 2.75) is 19.9 Å². The third-order valence-electron chi connectivity index (χ3n) is 3.08. The number of hydrogen-bond acceptors (Lipinski definition) is 3. The smallest absolute Gasteiger partial charge is 0.254 e. The first-order valence-electron chi connectivity index (χ1n) is 6.46. The van der Waals surface area contributed by atoms with Crippen LogP contribution in [-0.4, -0.2) is 17.4 Å². The first-order chi connectivity index (χ1) is 9.72. The number of carbonyl (C=O) groups is 1. The molecule has 0 saturated carbocycles. The van der Waals surface area contributed by atoms with Crippen molar-refractivity contribution < 1.29 is 9.21 Å². The van der Waals surface area contributed by atoms with E-state index in [2.05, 4.69) is 6.07 Å². The van der Waals surface area contributed by atoms with Crippen LogP contribution in [0.15, 0.2) is 47.1 Å². The lowest BCUT2D eigenvalue weighted by molar-refractivity contribution is 0.0734. The molecule has 2 rings (SSSR count). The molecule has 0 aliphatic carbocycles. The third-order valence-corrected chi connectivity index (χ3v) is 3.08. The van der Waals surface area contributed by atoms with E-state index < -0.39 is 0 Å². The van der Waals surface area contributed by atoms with E-state index in [-0.39, 0.29) is 5.91 Å². The monoisotopic (exact) mass is 268 g/mol. The molecule has 1 aromatic carbocycles. The van der Waals surface area contributed by atoms with E-state index in [9.17, 15) is 4.79 Å². The zero-order valence-electron chi connectivity index (χ0n) is 11.4. The Hall–Kier alpha value is -2.54. The van der Waals surface area contributed by atoms with Crippen LogP contribution in [0.25, 0.3) is 0 Å². The highest BCUT2D eigenvalue weighted by Gasteiger charge is 2.18. The number of furan rings is 1. The summed E-state index contributed by atoms with van der Waals surface area (Å²) in [6.45, 7) is 2.68. The maximum Gasteiger partial charge on any atom is 0.254 e. The number of nitrogens with zero attached hydrogens (tertiary/aromatic N) is 2. The summed E-state index contributed by atoms with van der Waals surface area (Å²) in [5.74, 6) is 0.639. The van der Waals surface area contributed by atoms with Gasteiger partial charge >= 0.3 is 0 Å². The molecule has 0 radical (unpaired) electrons. The van der Waals surface area contributed by atoms with E-state index in [1.807, 2.05) is 31.2 Å². The van der Waals surface area contributed by atoms with Gasteiger partial charge in [-0.15, -0.1) is 0 Å². The molecule has 0 bridgehead atoms. The Morgan fingerprint density at radius 1 is 1.30 bits per heavy atom. The van der Waals surface area contributed by atoms with Crippen molar-refractivity contribution in [1.82, 2.24) is 4.90 Å².